The Hall–Kier alpha value is -0.120. The first-order valence-electron chi connectivity index (χ1n) is 5.91. The van der Waals surface area contributed by atoms with Gasteiger partial charge in [0.1, 0.15) is 0 Å². The molecule has 0 aromatic heterocycles. The van der Waals surface area contributed by atoms with Crippen molar-refractivity contribution in [2.45, 2.75) is 43.4 Å². The van der Waals surface area contributed by atoms with Crippen molar-refractivity contribution in [3.63, 3.8) is 0 Å². The van der Waals surface area contributed by atoms with E-state index in [4.69, 9.17) is 0 Å². The maximum Gasteiger partial charge on any atom is 0.0268 e. The van der Waals surface area contributed by atoms with E-state index in [1.54, 1.807) is 17.5 Å². The highest BCUT2D eigenvalue weighted by Crippen LogP contribution is 2.34. The second-order valence-corrected chi connectivity index (χ2v) is 5.67. The van der Waals surface area contributed by atoms with Crippen molar-refractivity contribution in [3.8, 4) is 0 Å². The van der Waals surface area contributed by atoms with E-state index in [1.165, 1.54) is 33.9 Å². The number of hydrogen-bond donors (Lipinski definition) is 1. The van der Waals surface area contributed by atoms with Gasteiger partial charge in [-0.15, -0.1) is 11.8 Å². The molecule has 0 bridgehead atoms. The van der Waals surface area contributed by atoms with Crippen molar-refractivity contribution in [2.75, 3.05) is 12.8 Å². The van der Waals surface area contributed by atoms with E-state index in [0.717, 1.165) is 0 Å². The third kappa shape index (κ3) is 3.44. The summed E-state index contributed by atoms with van der Waals surface area (Å²) in [6, 6.07) is 4.68. The van der Waals surface area contributed by atoms with Gasteiger partial charge in [-0.3, -0.25) is 4.72 Å². The van der Waals surface area contributed by atoms with Crippen molar-refractivity contribution in [1.82, 2.24) is 4.72 Å². The minimum absolute atomic E-state index is 1.26. The molecule has 90 valence electrons. The van der Waals surface area contributed by atoms with Crippen molar-refractivity contribution >= 4 is 23.7 Å². The highest BCUT2D eigenvalue weighted by molar-refractivity contribution is 7.99. The number of benzene rings is 1. The normalized spacial score (nSPS) is 13.8. The van der Waals surface area contributed by atoms with Gasteiger partial charge < -0.3 is 0 Å². The molecule has 0 saturated heterocycles. The first-order chi connectivity index (χ1) is 7.81. The van der Waals surface area contributed by atoms with Gasteiger partial charge in [-0.1, -0.05) is 19.9 Å². The Bertz CT molecular complexity index is 337. The van der Waals surface area contributed by atoms with Gasteiger partial charge in [-0.05, 0) is 61.7 Å². The van der Waals surface area contributed by atoms with Crippen molar-refractivity contribution in [1.29, 1.82) is 0 Å². The Morgan fingerprint density at radius 2 is 2.06 bits per heavy atom. The predicted octanol–water partition coefficient (Wildman–Crippen LogP) is 4.29. The molecule has 3 heteroatoms. The summed E-state index contributed by atoms with van der Waals surface area (Å²) in [5, 5.41) is 0. The molecule has 1 aromatic rings. The summed E-state index contributed by atoms with van der Waals surface area (Å²) in [7, 11) is 1.97. The highest BCUT2D eigenvalue weighted by Gasteiger charge is 2.12. The quantitative estimate of drug-likeness (QED) is 0.792. The number of fused-ring (bicyclic) bond motifs is 1. The molecule has 1 N–H and O–H groups in total. The van der Waals surface area contributed by atoms with Gasteiger partial charge in [0.15, 0.2) is 0 Å². The summed E-state index contributed by atoms with van der Waals surface area (Å²) < 4.78 is 3.14. The summed E-state index contributed by atoms with van der Waals surface area (Å²) in [5.41, 5.74) is 2.94. The van der Waals surface area contributed by atoms with Crippen LogP contribution in [-0.4, -0.2) is 12.8 Å². The van der Waals surface area contributed by atoms with Gasteiger partial charge in [-0.2, -0.15) is 0 Å². The molecular weight excluding hydrogens is 234 g/mol. The van der Waals surface area contributed by atoms with E-state index in [9.17, 15) is 0 Å². The largest absolute Gasteiger partial charge is 0.263 e. The summed E-state index contributed by atoms with van der Waals surface area (Å²) >= 11 is 3.71. The van der Waals surface area contributed by atoms with E-state index in [1.807, 2.05) is 32.7 Å². The molecule has 0 radical (unpaired) electrons. The maximum absolute atomic E-state index is 3.14. The highest BCUT2D eigenvalue weighted by atomic mass is 32.2. The van der Waals surface area contributed by atoms with Crippen molar-refractivity contribution < 1.29 is 0 Å². The zero-order valence-electron chi connectivity index (χ0n) is 10.6. The lowest BCUT2D eigenvalue weighted by Crippen LogP contribution is -2.01. The molecule has 2 rings (SSSR count). The minimum Gasteiger partial charge on any atom is -0.263 e. The molecule has 0 saturated carbocycles. The van der Waals surface area contributed by atoms with E-state index in [2.05, 4.69) is 23.8 Å². The van der Waals surface area contributed by atoms with Crippen molar-refractivity contribution in [3.05, 3.63) is 23.3 Å². The van der Waals surface area contributed by atoms with Crippen LogP contribution in [-0.2, 0) is 6.42 Å². The number of aryl methyl sites for hydroxylation is 2. The lowest BCUT2D eigenvalue weighted by Gasteiger charge is -2.17. The number of hydrogen-bond acceptors (Lipinski definition) is 3. The fourth-order valence-electron chi connectivity index (χ4n) is 1.72. The molecule has 0 atom stereocenters. The third-order valence-electron chi connectivity index (χ3n) is 2.42. The summed E-state index contributed by atoms with van der Waals surface area (Å²) in [5.74, 6) is 1.28. The molecule has 1 aliphatic heterocycles. The molecule has 1 nitrogen and oxygen atoms in total. The van der Waals surface area contributed by atoms with Gasteiger partial charge in [0.2, 0.25) is 0 Å². The van der Waals surface area contributed by atoms with Gasteiger partial charge in [0, 0.05) is 9.79 Å². The average molecular weight is 255 g/mol. The summed E-state index contributed by atoms with van der Waals surface area (Å²) in [6.07, 6.45) is 2.59. The van der Waals surface area contributed by atoms with Crippen LogP contribution in [0, 0.1) is 6.92 Å². The van der Waals surface area contributed by atoms with Crippen LogP contribution in [0.3, 0.4) is 0 Å². The molecule has 1 aliphatic rings. The maximum atomic E-state index is 3.14. The Morgan fingerprint density at radius 1 is 1.31 bits per heavy atom. The van der Waals surface area contributed by atoms with Gasteiger partial charge in [0.25, 0.3) is 0 Å². The molecule has 16 heavy (non-hydrogen) atoms. The van der Waals surface area contributed by atoms with Crippen LogP contribution in [0.1, 0.15) is 31.4 Å². The molecule has 0 aliphatic carbocycles. The fraction of sp³-hybridized carbons (Fsp3) is 0.538. The molecule has 0 unspecified atom stereocenters. The Labute approximate surface area is 108 Å². The van der Waals surface area contributed by atoms with Crippen LogP contribution in [0.4, 0.5) is 0 Å². The second kappa shape index (κ2) is 7.25. The van der Waals surface area contributed by atoms with Crippen molar-refractivity contribution in [2.24, 2.45) is 0 Å². The number of rotatable bonds is 2. The Kier molecular flexibility index (Phi) is 6.32. The van der Waals surface area contributed by atoms with E-state index in [-0.39, 0.29) is 0 Å². The molecular formula is C13H21NS2. The van der Waals surface area contributed by atoms with Crippen LogP contribution in [0.5, 0.6) is 0 Å². The molecule has 0 fully saturated rings. The second-order valence-electron chi connectivity index (χ2n) is 3.48. The average Bonchev–Trinajstić information content (AvgIpc) is 2.33. The van der Waals surface area contributed by atoms with E-state index in [0.29, 0.717) is 0 Å². The lowest BCUT2D eigenvalue weighted by atomic mass is 10.1. The summed E-state index contributed by atoms with van der Waals surface area (Å²) in [4.78, 5) is 2.85. The van der Waals surface area contributed by atoms with Crippen LogP contribution >= 0.6 is 23.7 Å². The SMILES string of the molecule is CC.CNSc1cc2c(cc1C)CCCS2. The minimum atomic E-state index is 1.26. The molecule has 1 heterocycles. The summed E-state index contributed by atoms with van der Waals surface area (Å²) in [6.45, 7) is 6.19. The van der Waals surface area contributed by atoms with Crippen LogP contribution in [0.15, 0.2) is 21.9 Å². The van der Waals surface area contributed by atoms with E-state index < -0.39 is 0 Å². The van der Waals surface area contributed by atoms with Crippen LogP contribution < -0.4 is 4.72 Å². The van der Waals surface area contributed by atoms with Crippen LogP contribution in [0.2, 0.25) is 0 Å². The Morgan fingerprint density at radius 3 is 2.75 bits per heavy atom. The Balaban J connectivity index is 0.000000606. The van der Waals surface area contributed by atoms with E-state index >= 15 is 0 Å². The van der Waals surface area contributed by atoms with Gasteiger partial charge in [0.05, 0.1) is 0 Å². The number of nitrogens with one attached hydrogen (secondary N) is 1. The predicted molar refractivity (Wildman–Crippen MR) is 76.5 cm³/mol. The fourth-order valence-corrected chi connectivity index (χ4v) is 3.47. The first kappa shape index (κ1) is 13.9. The van der Waals surface area contributed by atoms with Gasteiger partial charge >= 0.3 is 0 Å². The first-order valence-corrected chi connectivity index (χ1v) is 7.71. The zero-order valence-corrected chi connectivity index (χ0v) is 12.2. The number of thioether (sulfide) groups is 1. The molecule has 0 spiro atoms. The lowest BCUT2D eigenvalue weighted by molar-refractivity contribution is 0.881. The smallest absolute Gasteiger partial charge is 0.0268 e. The van der Waals surface area contributed by atoms with Gasteiger partial charge in [-0.25, -0.2) is 0 Å². The van der Waals surface area contributed by atoms with Crippen LogP contribution in [0.25, 0.3) is 0 Å². The molecule has 0 amide bonds. The third-order valence-corrected chi connectivity index (χ3v) is 4.47. The molecule has 1 aromatic carbocycles. The standard InChI is InChI=1S/C11H15NS2.C2H6/c1-8-6-9-4-3-5-13-11(9)7-10(8)14-12-2;1-2/h6-7,12H,3-5H2,1-2H3;1-2H3. The zero-order chi connectivity index (χ0) is 12.0. The monoisotopic (exact) mass is 255 g/mol. The topological polar surface area (TPSA) is 12.0 Å².